The van der Waals surface area contributed by atoms with Crippen LogP contribution in [-0.2, 0) is 18.5 Å². The molecule has 2 aromatic carbocycles. The number of aryl methyl sites for hydroxylation is 1. The fourth-order valence-electron chi connectivity index (χ4n) is 4.29. The van der Waals surface area contributed by atoms with Crippen molar-refractivity contribution >= 4 is 12.3 Å². The molecule has 1 atom stereocenters. The molecule has 0 spiro atoms. The molecule has 3 N–H and O–H groups in total. The maximum atomic E-state index is 13.1. The van der Waals surface area contributed by atoms with Crippen molar-refractivity contribution in [3.63, 3.8) is 0 Å². The normalized spacial score (nSPS) is 17.9. The van der Waals surface area contributed by atoms with E-state index in [4.69, 9.17) is 5.11 Å². The molecule has 0 saturated heterocycles. The third kappa shape index (κ3) is 6.95. The van der Waals surface area contributed by atoms with Crippen molar-refractivity contribution in [2.75, 3.05) is 7.11 Å². The largest absolute Gasteiger partial charge is 0.508 e. The topological polar surface area (TPSA) is 89.9 Å². The second-order valence-electron chi connectivity index (χ2n) is 10.7. The summed E-state index contributed by atoms with van der Waals surface area (Å²) in [6.07, 6.45) is 4.53. The smallest absolute Gasteiger partial charge is 0.322 e. The molecule has 190 valence electrons. The van der Waals surface area contributed by atoms with Gasteiger partial charge in [0.15, 0.2) is 0 Å². The molecule has 0 bridgehead atoms. The Hall–Kier alpha value is -3.12. The number of benzene rings is 2. The Morgan fingerprint density at radius 2 is 1.71 bits per heavy atom. The molecule has 6 heteroatoms. The summed E-state index contributed by atoms with van der Waals surface area (Å²) in [5, 5.41) is 20.9. The van der Waals surface area contributed by atoms with E-state index in [-0.39, 0.29) is 23.1 Å². The molecule has 2 aromatic rings. The highest BCUT2D eigenvalue weighted by molar-refractivity contribution is 5.79. The Labute approximate surface area is 209 Å². The molecule has 35 heavy (non-hydrogen) atoms. The minimum absolute atomic E-state index is 0.179. The highest BCUT2D eigenvalue weighted by Gasteiger charge is 2.40. The number of hydrogen-bond acceptors (Lipinski definition) is 4. The lowest BCUT2D eigenvalue weighted by Gasteiger charge is -2.42. The summed E-state index contributed by atoms with van der Waals surface area (Å²) in [7, 11) is 1.00. The SMILES string of the molecule is CC(C)C1=CN(Cc2ccc(C=O)cc2)C(=O)N[C@@]1(C)c1ccc(CCC(C)(C)C)c(O)c1.CO. The lowest BCUT2D eigenvalue weighted by atomic mass is 9.77. The predicted octanol–water partition coefficient (Wildman–Crippen LogP) is 5.77. The van der Waals surface area contributed by atoms with Crippen molar-refractivity contribution in [3.8, 4) is 5.75 Å². The Morgan fingerprint density at radius 3 is 2.23 bits per heavy atom. The third-order valence-electron chi connectivity index (χ3n) is 6.39. The van der Waals surface area contributed by atoms with Gasteiger partial charge in [0.05, 0.1) is 12.1 Å². The van der Waals surface area contributed by atoms with E-state index in [1.165, 1.54) is 0 Å². The van der Waals surface area contributed by atoms with Gasteiger partial charge in [-0.15, -0.1) is 0 Å². The number of aldehydes is 1. The fraction of sp³-hybridized carbons (Fsp3) is 0.448. The third-order valence-corrected chi connectivity index (χ3v) is 6.39. The van der Waals surface area contributed by atoms with E-state index in [0.29, 0.717) is 12.1 Å². The first kappa shape index (κ1) is 28.1. The second kappa shape index (κ2) is 11.5. The van der Waals surface area contributed by atoms with Crippen LogP contribution in [0.4, 0.5) is 4.79 Å². The minimum Gasteiger partial charge on any atom is -0.508 e. The summed E-state index contributed by atoms with van der Waals surface area (Å²) in [5.41, 5.74) is 3.88. The van der Waals surface area contributed by atoms with Crippen molar-refractivity contribution in [1.29, 1.82) is 0 Å². The summed E-state index contributed by atoms with van der Waals surface area (Å²) in [4.78, 5) is 25.7. The summed E-state index contributed by atoms with van der Waals surface area (Å²) in [6, 6.07) is 12.8. The molecule has 1 heterocycles. The van der Waals surface area contributed by atoms with E-state index in [0.717, 1.165) is 48.5 Å². The number of phenolic OH excluding ortho intramolecular Hbond substituents is 1. The van der Waals surface area contributed by atoms with Crippen molar-refractivity contribution in [1.82, 2.24) is 10.2 Å². The van der Waals surface area contributed by atoms with E-state index in [1.807, 2.05) is 37.4 Å². The first-order chi connectivity index (χ1) is 16.4. The molecular formula is C29H40N2O4. The summed E-state index contributed by atoms with van der Waals surface area (Å²) >= 11 is 0. The summed E-state index contributed by atoms with van der Waals surface area (Å²) in [5.74, 6) is 0.450. The number of nitrogens with zero attached hydrogens (tertiary/aromatic N) is 1. The first-order valence-corrected chi connectivity index (χ1v) is 12.0. The van der Waals surface area contributed by atoms with Gasteiger partial charge in [-0.1, -0.05) is 71.0 Å². The van der Waals surface area contributed by atoms with Crippen molar-refractivity contribution in [2.24, 2.45) is 11.3 Å². The first-order valence-electron chi connectivity index (χ1n) is 12.0. The van der Waals surface area contributed by atoms with Gasteiger partial charge in [0, 0.05) is 18.9 Å². The number of phenols is 1. The number of hydrogen-bond donors (Lipinski definition) is 3. The molecule has 0 aromatic heterocycles. The molecule has 0 aliphatic carbocycles. The van der Waals surface area contributed by atoms with E-state index >= 15 is 0 Å². The molecule has 0 fully saturated rings. The zero-order valence-corrected chi connectivity index (χ0v) is 22.1. The molecular weight excluding hydrogens is 440 g/mol. The van der Waals surface area contributed by atoms with Crippen molar-refractivity contribution in [2.45, 2.75) is 66.5 Å². The fourth-order valence-corrected chi connectivity index (χ4v) is 4.29. The number of aromatic hydroxyl groups is 1. The molecule has 1 aliphatic rings. The quantitative estimate of drug-likeness (QED) is 0.439. The monoisotopic (exact) mass is 480 g/mol. The second-order valence-corrected chi connectivity index (χ2v) is 10.7. The van der Waals surface area contributed by atoms with Crippen LogP contribution in [0.25, 0.3) is 0 Å². The van der Waals surface area contributed by atoms with Crippen LogP contribution >= 0.6 is 0 Å². The van der Waals surface area contributed by atoms with Gasteiger partial charge in [0.2, 0.25) is 0 Å². The standard InChI is InChI=1S/C28H36N2O3.CH4O/c1-19(2)24-17-30(16-20-7-9-21(18-31)10-8-20)26(33)29-28(24,6)23-12-11-22(25(32)15-23)13-14-27(3,4)5;1-2/h7-12,15,17-19,32H,13-14,16H2,1-6H3,(H,29,33);2H,1H3/t28-;/m0./s1. The van der Waals surface area contributed by atoms with Crippen molar-refractivity contribution < 1.29 is 19.8 Å². The number of aliphatic hydroxyl groups excluding tert-OH is 1. The van der Waals surface area contributed by atoms with E-state index in [2.05, 4.69) is 39.9 Å². The molecule has 0 saturated carbocycles. The van der Waals surface area contributed by atoms with E-state index < -0.39 is 5.54 Å². The Kier molecular flexibility index (Phi) is 9.27. The van der Waals surface area contributed by atoms with Gasteiger partial charge in [-0.25, -0.2) is 4.79 Å². The zero-order chi connectivity index (χ0) is 26.4. The van der Waals surface area contributed by atoms with Crippen LogP contribution in [0.15, 0.2) is 54.2 Å². The molecule has 0 radical (unpaired) electrons. The molecule has 6 nitrogen and oxygen atoms in total. The maximum Gasteiger partial charge on any atom is 0.322 e. The lowest BCUT2D eigenvalue weighted by Crippen LogP contribution is -2.54. The highest BCUT2D eigenvalue weighted by atomic mass is 16.3. The predicted molar refractivity (Wildman–Crippen MR) is 140 cm³/mol. The van der Waals surface area contributed by atoms with Crippen LogP contribution in [0.1, 0.15) is 75.0 Å². The summed E-state index contributed by atoms with van der Waals surface area (Å²) < 4.78 is 0. The number of nitrogens with one attached hydrogen (secondary N) is 1. The Bertz CT molecular complexity index is 1050. The highest BCUT2D eigenvalue weighted by Crippen LogP contribution is 2.39. The van der Waals surface area contributed by atoms with Gasteiger partial charge in [-0.05, 0) is 59.4 Å². The van der Waals surface area contributed by atoms with E-state index in [1.54, 1.807) is 23.1 Å². The van der Waals surface area contributed by atoms with Crippen molar-refractivity contribution in [3.05, 3.63) is 76.5 Å². The van der Waals surface area contributed by atoms with Gasteiger partial charge in [-0.2, -0.15) is 0 Å². The number of aliphatic hydroxyl groups is 1. The Balaban J connectivity index is 0.00000210. The number of carbonyl (C=O) groups is 2. The number of rotatable bonds is 7. The molecule has 2 amide bonds. The molecule has 1 aliphatic heterocycles. The van der Waals surface area contributed by atoms with Gasteiger partial charge in [0.25, 0.3) is 0 Å². The van der Waals surface area contributed by atoms with Crippen LogP contribution < -0.4 is 5.32 Å². The van der Waals surface area contributed by atoms with Gasteiger partial charge in [0.1, 0.15) is 12.0 Å². The maximum absolute atomic E-state index is 13.1. The van der Waals surface area contributed by atoms with Crippen LogP contribution in [0.5, 0.6) is 5.75 Å². The number of urea groups is 1. The van der Waals surface area contributed by atoms with Gasteiger partial charge >= 0.3 is 6.03 Å². The van der Waals surface area contributed by atoms with Crippen LogP contribution in [0.3, 0.4) is 0 Å². The van der Waals surface area contributed by atoms with Crippen LogP contribution in [0.2, 0.25) is 0 Å². The van der Waals surface area contributed by atoms with E-state index in [9.17, 15) is 14.7 Å². The van der Waals surface area contributed by atoms with Gasteiger partial charge in [-0.3, -0.25) is 9.69 Å². The van der Waals surface area contributed by atoms with Crippen LogP contribution in [0, 0.1) is 11.3 Å². The summed E-state index contributed by atoms with van der Waals surface area (Å²) in [6.45, 7) is 13.2. The zero-order valence-electron chi connectivity index (χ0n) is 22.1. The minimum atomic E-state index is -0.719. The van der Waals surface area contributed by atoms with Gasteiger partial charge < -0.3 is 15.5 Å². The number of amides is 2. The average molecular weight is 481 g/mol. The average Bonchev–Trinajstić information content (AvgIpc) is 2.81. The lowest BCUT2D eigenvalue weighted by molar-refractivity contribution is 0.112. The Morgan fingerprint density at radius 1 is 1.09 bits per heavy atom. The van der Waals surface area contributed by atoms with Crippen LogP contribution in [-0.4, -0.2) is 34.5 Å². The number of carbonyl (C=O) groups excluding carboxylic acids is 2. The molecule has 3 rings (SSSR count). The molecule has 0 unspecified atom stereocenters.